The molecule has 2 aromatic carbocycles. The van der Waals surface area contributed by atoms with Gasteiger partial charge < -0.3 is 9.84 Å². The van der Waals surface area contributed by atoms with Crippen molar-refractivity contribution in [2.75, 3.05) is 32.8 Å². The van der Waals surface area contributed by atoms with Crippen molar-refractivity contribution in [1.82, 2.24) is 4.90 Å². The van der Waals surface area contributed by atoms with Gasteiger partial charge >= 0.3 is 0 Å². The van der Waals surface area contributed by atoms with Gasteiger partial charge in [-0.25, -0.2) is 0 Å². The van der Waals surface area contributed by atoms with Gasteiger partial charge in [-0.05, 0) is 11.1 Å². The molecule has 3 heteroatoms. The number of rotatable bonds is 5. The van der Waals surface area contributed by atoms with Gasteiger partial charge in [0.05, 0.1) is 19.3 Å². The number of hydrogen-bond acceptors (Lipinski definition) is 3. The molecule has 0 unspecified atom stereocenters. The minimum absolute atomic E-state index is 0.0710. The summed E-state index contributed by atoms with van der Waals surface area (Å²) in [5, 5.41) is 10.9. The maximum atomic E-state index is 10.9. The van der Waals surface area contributed by atoms with Crippen LogP contribution >= 0.6 is 0 Å². The first-order chi connectivity index (χ1) is 10.8. The fraction of sp³-hybridized carbons (Fsp3) is 0.368. The summed E-state index contributed by atoms with van der Waals surface area (Å²) in [5.74, 6) is 0.0710. The predicted octanol–water partition coefficient (Wildman–Crippen LogP) is 2.84. The predicted molar refractivity (Wildman–Crippen MR) is 87.8 cm³/mol. The van der Waals surface area contributed by atoms with Crippen LogP contribution in [0.5, 0.6) is 0 Å². The Morgan fingerprint density at radius 1 is 0.864 bits per heavy atom. The van der Waals surface area contributed by atoms with Crippen LogP contribution in [0.3, 0.4) is 0 Å². The van der Waals surface area contributed by atoms with Crippen LogP contribution in [0.1, 0.15) is 23.1 Å². The molecule has 3 nitrogen and oxygen atoms in total. The van der Waals surface area contributed by atoms with Crippen LogP contribution < -0.4 is 0 Å². The van der Waals surface area contributed by atoms with Crippen LogP contribution in [0, 0.1) is 0 Å². The normalized spacial score (nSPS) is 18.8. The fourth-order valence-electron chi connectivity index (χ4n) is 3.03. The summed E-state index contributed by atoms with van der Waals surface area (Å²) in [7, 11) is 0. The molecule has 0 saturated carbocycles. The lowest BCUT2D eigenvalue weighted by atomic mass is 9.88. The molecule has 0 radical (unpaired) electrons. The molecular formula is C19H23NO2. The number of nitrogens with zero attached hydrogens (tertiary/aromatic N) is 1. The van der Waals surface area contributed by atoms with E-state index in [2.05, 4.69) is 17.0 Å². The minimum Gasteiger partial charge on any atom is -0.388 e. The van der Waals surface area contributed by atoms with Crippen molar-refractivity contribution in [1.29, 1.82) is 0 Å². The third-order valence-electron chi connectivity index (χ3n) is 4.31. The summed E-state index contributed by atoms with van der Waals surface area (Å²) in [4.78, 5) is 2.38. The molecule has 1 aliphatic rings. The second kappa shape index (κ2) is 7.54. The Balaban J connectivity index is 1.82. The quantitative estimate of drug-likeness (QED) is 0.921. The molecule has 0 aromatic heterocycles. The number of aliphatic hydroxyl groups excluding tert-OH is 1. The second-order valence-corrected chi connectivity index (χ2v) is 5.79. The van der Waals surface area contributed by atoms with Crippen LogP contribution in [-0.2, 0) is 4.74 Å². The van der Waals surface area contributed by atoms with Crippen molar-refractivity contribution in [3.63, 3.8) is 0 Å². The van der Waals surface area contributed by atoms with Crippen LogP contribution in [0.2, 0.25) is 0 Å². The van der Waals surface area contributed by atoms with E-state index in [-0.39, 0.29) is 5.92 Å². The molecule has 22 heavy (non-hydrogen) atoms. The van der Waals surface area contributed by atoms with Gasteiger partial charge in [0.2, 0.25) is 0 Å². The number of hydrogen-bond donors (Lipinski definition) is 1. The zero-order chi connectivity index (χ0) is 15.2. The molecule has 0 aliphatic carbocycles. The lowest BCUT2D eigenvalue weighted by Gasteiger charge is -2.33. The number of morpholine rings is 1. The summed E-state index contributed by atoms with van der Waals surface area (Å²) in [6, 6.07) is 20.3. The molecule has 2 atom stereocenters. The molecule has 116 valence electrons. The van der Waals surface area contributed by atoms with Gasteiger partial charge in [0.1, 0.15) is 0 Å². The smallest absolute Gasteiger partial charge is 0.0870 e. The highest BCUT2D eigenvalue weighted by atomic mass is 16.5. The molecule has 0 amide bonds. The first-order valence-corrected chi connectivity index (χ1v) is 7.92. The Kier molecular flexibility index (Phi) is 5.22. The summed E-state index contributed by atoms with van der Waals surface area (Å²) in [5.41, 5.74) is 2.16. The van der Waals surface area contributed by atoms with Crippen LogP contribution in [0.25, 0.3) is 0 Å². The highest BCUT2D eigenvalue weighted by molar-refractivity contribution is 5.27. The first-order valence-electron chi connectivity index (χ1n) is 7.92. The standard InChI is InChI=1S/C19H23NO2/c21-19(17-9-5-2-6-10-17)18(16-7-3-1-4-8-16)15-20-11-13-22-14-12-20/h1-10,18-19,21H,11-15H2/t18-,19-/m1/s1. The minimum atomic E-state index is -0.494. The van der Waals surface area contributed by atoms with Gasteiger partial charge in [0.15, 0.2) is 0 Å². The van der Waals surface area contributed by atoms with Crippen molar-refractivity contribution in [3.8, 4) is 0 Å². The molecule has 0 bridgehead atoms. The summed E-state index contributed by atoms with van der Waals surface area (Å²) in [6.07, 6.45) is -0.494. The summed E-state index contributed by atoms with van der Waals surface area (Å²) < 4.78 is 5.43. The van der Waals surface area contributed by atoms with Gasteiger partial charge in [0.25, 0.3) is 0 Å². The molecule has 3 rings (SSSR count). The molecule has 1 N–H and O–H groups in total. The first kappa shape index (κ1) is 15.2. The number of aliphatic hydroxyl groups is 1. The molecule has 1 heterocycles. The summed E-state index contributed by atoms with van der Waals surface area (Å²) >= 11 is 0. The second-order valence-electron chi connectivity index (χ2n) is 5.79. The average molecular weight is 297 g/mol. The number of benzene rings is 2. The molecule has 1 aliphatic heterocycles. The van der Waals surface area contributed by atoms with E-state index >= 15 is 0 Å². The van der Waals surface area contributed by atoms with Gasteiger partial charge in [-0.15, -0.1) is 0 Å². The average Bonchev–Trinajstić information content (AvgIpc) is 2.61. The van der Waals surface area contributed by atoms with Gasteiger partial charge in [-0.1, -0.05) is 60.7 Å². The Hall–Kier alpha value is -1.68. The van der Waals surface area contributed by atoms with Crippen molar-refractivity contribution in [2.24, 2.45) is 0 Å². The van der Waals surface area contributed by atoms with E-state index in [1.165, 1.54) is 5.56 Å². The largest absolute Gasteiger partial charge is 0.388 e. The Labute approximate surface area is 132 Å². The van der Waals surface area contributed by atoms with Crippen LogP contribution in [-0.4, -0.2) is 42.9 Å². The van der Waals surface area contributed by atoms with E-state index in [9.17, 15) is 5.11 Å². The van der Waals surface area contributed by atoms with E-state index < -0.39 is 6.10 Å². The molecule has 2 aromatic rings. The van der Waals surface area contributed by atoms with Crippen LogP contribution in [0.15, 0.2) is 60.7 Å². The van der Waals surface area contributed by atoms with Crippen LogP contribution in [0.4, 0.5) is 0 Å². The number of ether oxygens (including phenoxy) is 1. The SMILES string of the molecule is O[C@H](c1ccccc1)[C@H](CN1CCOCC1)c1ccccc1. The van der Waals surface area contributed by atoms with Gasteiger partial charge in [-0.3, -0.25) is 4.90 Å². The maximum absolute atomic E-state index is 10.9. The van der Waals surface area contributed by atoms with Crippen molar-refractivity contribution in [2.45, 2.75) is 12.0 Å². The third kappa shape index (κ3) is 3.74. The highest BCUT2D eigenvalue weighted by Gasteiger charge is 2.25. The Morgan fingerprint density at radius 3 is 2.00 bits per heavy atom. The lowest BCUT2D eigenvalue weighted by molar-refractivity contribution is 0.0240. The molecular weight excluding hydrogens is 274 g/mol. The monoisotopic (exact) mass is 297 g/mol. The van der Waals surface area contributed by atoms with E-state index in [0.29, 0.717) is 0 Å². The van der Waals surface area contributed by atoms with Crippen molar-refractivity contribution >= 4 is 0 Å². The zero-order valence-electron chi connectivity index (χ0n) is 12.8. The molecule has 0 spiro atoms. The van der Waals surface area contributed by atoms with Gasteiger partial charge in [-0.2, -0.15) is 0 Å². The van der Waals surface area contributed by atoms with E-state index in [4.69, 9.17) is 4.74 Å². The highest BCUT2D eigenvalue weighted by Crippen LogP contribution is 2.31. The van der Waals surface area contributed by atoms with E-state index in [1.54, 1.807) is 0 Å². The van der Waals surface area contributed by atoms with Gasteiger partial charge in [0, 0.05) is 25.6 Å². The molecule has 1 fully saturated rings. The zero-order valence-corrected chi connectivity index (χ0v) is 12.8. The fourth-order valence-corrected chi connectivity index (χ4v) is 3.03. The van der Waals surface area contributed by atoms with E-state index in [0.717, 1.165) is 38.4 Å². The van der Waals surface area contributed by atoms with Crippen molar-refractivity contribution < 1.29 is 9.84 Å². The lowest BCUT2D eigenvalue weighted by Crippen LogP contribution is -2.39. The third-order valence-corrected chi connectivity index (χ3v) is 4.31. The Morgan fingerprint density at radius 2 is 1.41 bits per heavy atom. The van der Waals surface area contributed by atoms with E-state index in [1.807, 2.05) is 48.5 Å². The topological polar surface area (TPSA) is 32.7 Å². The van der Waals surface area contributed by atoms with Crippen molar-refractivity contribution in [3.05, 3.63) is 71.8 Å². The Bertz CT molecular complexity index is 552. The maximum Gasteiger partial charge on any atom is 0.0870 e. The summed E-state index contributed by atoms with van der Waals surface area (Å²) in [6.45, 7) is 4.28. The molecule has 1 saturated heterocycles.